The van der Waals surface area contributed by atoms with Crippen molar-refractivity contribution in [1.29, 1.82) is 0 Å². The molecule has 5 nitrogen and oxygen atoms in total. The molecule has 1 aromatic carbocycles. The van der Waals surface area contributed by atoms with E-state index < -0.39 is 17.5 Å². The van der Waals surface area contributed by atoms with Gasteiger partial charge < -0.3 is 15.2 Å². The molecule has 0 radical (unpaired) electrons. The van der Waals surface area contributed by atoms with E-state index in [1.54, 1.807) is 12.1 Å². The van der Waals surface area contributed by atoms with Gasteiger partial charge in [-0.25, -0.2) is 0 Å². The zero-order valence-corrected chi connectivity index (χ0v) is 14.8. The van der Waals surface area contributed by atoms with Crippen molar-refractivity contribution >= 4 is 0 Å². The van der Waals surface area contributed by atoms with Crippen molar-refractivity contribution in [2.75, 3.05) is 13.2 Å². The summed E-state index contributed by atoms with van der Waals surface area (Å²) in [4.78, 5) is 0. The molecule has 8 heteroatoms. The Bertz CT molecular complexity index is 817. The molecule has 1 aliphatic carbocycles. The first-order valence-corrected chi connectivity index (χ1v) is 8.81. The Kier molecular flexibility index (Phi) is 4.35. The average Bonchev–Trinajstić information content (AvgIpc) is 2.51. The lowest BCUT2D eigenvalue weighted by atomic mass is 9.64. The van der Waals surface area contributed by atoms with Crippen LogP contribution in [0, 0.1) is 12.3 Å². The van der Waals surface area contributed by atoms with Gasteiger partial charge in [0.25, 0.3) is 0 Å². The highest BCUT2D eigenvalue weighted by Crippen LogP contribution is 2.46. The van der Waals surface area contributed by atoms with Gasteiger partial charge in [-0.05, 0) is 49.6 Å². The molecule has 27 heavy (non-hydrogen) atoms. The lowest BCUT2D eigenvalue weighted by molar-refractivity contribution is -0.167. The third-order valence-corrected chi connectivity index (χ3v) is 5.37. The molecule has 0 bridgehead atoms. The predicted molar refractivity (Wildman–Crippen MR) is 92.0 cm³/mol. The van der Waals surface area contributed by atoms with Crippen LogP contribution in [0.4, 0.5) is 13.2 Å². The molecule has 1 saturated heterocycles. The topological polar surface area (TPSA) is 67.3 Å². The number of ether oxygens (including phenoxy) is 1. The Hall–Kier alpha value is -2.19. The summed E-state index contributed by atoms with van der Waals surface area (Å²) in [7, 11) is 0. The lowest BCUT2D eigenvalue weighted by Gasteiger charge is -2.53. The van der Waals surface area contributed by atoms with Crippen molar-refractivity contribution in [2.45, 2.75) is 38.5 Å². The number of alkyl halides is 3. The van der Waals surface area contributed by atoms with Crippen molar-refractivity contribution in [3.63, 3.8) is 0 Å². The first kappa shape index (κ1) is 18.2. The van der Waals surface area contributed by atoms with Crippen LogP contribution in [-0.4, -0.2) is 34.6 Å². The van der Waals surface area contributed by atoms with E-state index in [0.29, 0.717) is 29.3 Å². The Morgan fingerprint density at radius 3 is 2.48 bits per heavy atom. The summed E-state index contributed by atoms with van der Waals surface area (Å²) >= 11 is 0. The molecular formula is C19H20F3N3O2. The fourth-order valence-corrected chi connectivity index (χ4v) is 3.86. The summed E-state index contributed by atoms with van der Waals surface area (Å²) in [5.41, 5.74) is 1.16. The van der Waals surface area contributed by atoms with Crippen LogP contribution in [0.3, 0.4) is 0 Å². The Morgan fingerprint density at radius 2 is 1.96 bits per heavy atom. The van der Waals surface area contributed by atoms with Crippen LogP contribution in [-0.2, 0) is 17.5 Å². The van der Waals surface area contributed by atoms with Gasteiger partial charge in [0.15, 0.2) is 0 Å². The molecule has 2 aromatic rings. The smallest absolute Gasteiger partial charge is 0.416 e. The van der Waals surface area contributed by atoms with Gasteiger partial charge in [0.05, 0.1) is 30.2 Å². The molecule has 1 saturated carbocycles. The van der Waals surface area contributed by atoms with E-state index in [1.165, 1.54) is 6.92 Å². The second-order valence-corrected chi connectivity index (χ2v) is 7.57. The van der Waals surface area contributed by atoms with Crippen molar-refractivity contribution in [3.8, 4) is 17.0 Å². The SMILES string of the molecule is Cc1cc(C(F)(F)F)cc(O)c1-c1ccc(CNC2CC3(COC3)C2)nn1. The number of rotatable bonds is 4. The van der Waals surface area contributed by atoms with Crippen LogP contribution < -0.4 is 5.32 Å². The fourth-order valence-electron chi connectivity index (χ4n) is 3.86. The molecule has 2 aliphatic rings. The molecule has 2 heterocycles. The number of halogens is 3. The van der Waals surface area contributed by atoms with E-state index in [9.17, 15) is 18.3 Å². The van der Waals surface area contributed by atoms with Crippen molar-refractivity contribution in [2.24, 2.45) is 5.41 Å². The monoisotopic (exact) mass is 379 g/mol. The first-order valence-electron chi connectivity index (χ1n) is 8.81. The highest BCUT2D eigenvalue weighted by molar-refractivity contribution is 5.71. The van der Waals surface area contributed by atoms with Crippen molar-refractivity contribution in [1.82, 2.24) is 15.5 Å². The number of hydrogen-bond acceptors (Lipinski definition) is 5. The quantitative estimate of drug-likeness (QED) is 0.852. The molecule has 2 fully saturated rings. The Labute approximate surface area is 154 Å². The molecule has 0 unspecified atom stereocenters. The summed E-state index contributed by atoms with van der Waals surface area (Å²) in [5, 5.41) is 21.7. The lowest BCUT2D eigenvalue weighted by Crippen LogP contribution is -2.58. The van der Waals surface area contributed by atoms with Crippen LogP contribution in [0.1, 0.15) is 29.7 Å². The first-order chi connectivity index (χ1) is 12.8. The zero-order chi connectivity index (χ0) is 19.2. The van der Waals surface area contributed by atoms with Gasteiger partial charge in [0.1, 0.15) is 5.75 Å². The summed E-state index contributed by atoms with van der Waals surface area (Å²) in [6.07, 6.45) is -2.29. The molecule has 2 N–H and O–H groups in total. The molecule has 4 rings (SSSR count). The zero-order valence-electron chi connectivity index (χ0n) is 14.8. The molecule has 0 amide bonds. The highest BCUT2D eigenvalue weighted by Gasteiger charge is 2.49. The highest BCUT2D eigenvalue weighted by atomic mass is 19.4. The van der Waals surface area contributed by atoms with Crippen LogP contribution in [0.2, 0.25) is 0 Å². The minimum absolute atomic E-state index is 0.265. The van der Waals surface area contributed by atoms with Gasteiger partial charge in [-0.2, -0.15) is 23.4 Å². The van der Waals surface area contributed by atoms with Gasteiger partial charge in [-0.15, -0.1) is 0 Å². The summed E-state index contributed by atoms with van der Waals surface area (Å²) in [6.45, 7) is 3.80. The molecule has 0 atom stereocenters. The van der Waals surface area contributed by atoms with E-state index in [-0.39, 0.29) is 5.56 Å². The second-order valence-electron chi connectivity index (χ2n) is 7.57. The number of phenols is 1. The van der Waals surface area contributed by atoms with Crippen LogP contribution in [0.15, 0.2) is 24.3 Å². The molecule has 1 aliphatic heterocycles. The largest absolute Gasteiger partial charge is 0.507 e. The predicted octanol–water partition coefficient (Wildman–Crippen LogP) is 3.45. The number of benzene rings is 1. The third kappa shape index (κ3) is 3.51. The maximum Gasteiger partial charge on any atom is 0.416 e. The minimum Gasteiger partial charge on any atom is -0.507 e. The number of aromatic hydroxyl groups is 1. The van der Waals surface area contributed by atoms with E-state index >= 15 is 0 Å². The minimum atomic E-state index is -4.51. The van der Waals surface area contributed by atoms with Gasteiger partial charge in [0.2, 0.25) is 0 Å². The average molecular weight is 379 g/mol. The number of aromatic nitrogens is 2. The Balaban J connectivity index is 1.43. The molecule has 144 valence electrons. The summed E-state index contributed by atoms with van der Waals surface area (Å²) in [5.74, 6) is -0.454. The van der Waals surface area contributed by atoms with Crippen molar-refractivity contribution < 1.29 is 23.0 Å². The number of nitrogens with zero attached hydrogens (tertiary/aromatic N) is 2. The van der Waals surface area contributed by atoms with E-state index in [4.69, 9.17) is 4.74 Å². The number of phenolic OH excluding ortho intramolecular Hbond substituents is 1. The van der Waals surface area contributed by atoms with Gasteiger partial charge in [0, 0.05) is 23.6 Å². The van der Waals surface area contributed by atoms with Gasteiger partial charge >= 0.3 is 6.18 Å². The molecule has 1 spiro atoms. The summed E-state index contributed by atoms with van der Waals surface area (Å²) < 4.78 is 43.8. The van der Waals surface area contributed by atoms with Crippen molar-refractivity contribution in [3.05, 3.63) is 41.1 Å². The Morgan fingerprint density at radius 1 is 1.22 bits per heavy atom. The van der Waals surface area contributed by atoms with Crippen LogP contribution in [0.5, 0.6) is 5.75 Å². The fraction of sp³-hybridized carbons (Fsp3) is 0.474. The van der Waals surface area contributed by atoms with E-state index in [0.717, 1.165) is 43.9 Å². The summed E-state index contributed by atoms with van der Waals surface area (Å²) in [6, 6.07) is 5.61. The van der Waals surface area contributed by atoms with Crippen LogP contribution >= 0.6 is 0 Å². The molecular weight excluding hydrogens is 359 g/mol. The second kappa shape index (κ2) is 6.45. The number of aryl methyl sites for hydroxylation is 1. The van der Waals surface area contributed by atoms with E-state index in [2.05, 4.69) is 15.5 Å². The standard InChI is InChI=1S/C19H20F3N3O2/c1-11-4-12(19(20,21)22)5-16(26)17(11)15-3-2-13(24-25-15)8-23-14-6-18(7-14)9-27-10-18/h2-5,14,23,26H,6-10H2,1H3. The maximum atomic E-state index is 12.8. The normalized spacial score (nSPS) is 19.0. The van der Waals surface area contributed by atoms with Gasteiger partial charge in [-0.3, -0.25) is 0 Å². The number of hydrogen-bond donors (Lipinski definition) is 2. The third-order valence-electron chi connectivity index (χ3n) is 5.37. The molecule has 1 aromatic heterocycles. The number of nitrogens with one attached hydrogen (secondary N) is 1. The van der Waals surface area contributed by atoms with E-state index in [1.807, 2.05) is 0 Å². The van der Waals surface area contributed by atoms with Crippen LogP contribution in [0.25, 0.3) is 11.3 Å². The van der Waals surface area contributed by atoms with Gasteiger partial charge in [-0.1, -0.05) is 0 Å². The maximum absolute atomic E-state index is 12.8.